The van der Waals surface area contributed by atoms with Gasteiger partial charge in [-0.15, -0.1) is 5.10 Å². The predicted molar refractivity (Wildman–Crippen MR) is 93.0 cm³/mol. The first-order chi connectivity index (χ1) is 13.0. The number of ether oxygens (including phenoxy) is 1. The molecule has 0 saturated heterocycles. The summed E-state index contributed by atoms with van der Waals surface area (Å²) in [6.45, 7) is 0. The molecule has 4 rings (SSSR count). The van der Waals surface area contributed by atoms with Crippen LogP contribution < -0.4 is 0 Å². The standard InChI is InChI=1S/C18H17N5O4/c1-22-9-15(20-21-22)12-7-13(12)16-14(18(26)27-2)8-19-23(16)11-5-3-4-10(6-11)17(24)25/h3-6,8-9,12-13H,7H2,1-2H3,(H,24,25)/t12-,13-/m1/s1. The summed E-state index contributed by atoms with van der Waals surface area (Å²) in [6, 6.07) is 6.44. The van der Waals surface area contributed by atoms with E-state index < -0.39 is 11.9 Å². The second kappa shape index (κ2) is 6.35. The van der Waals surface area contributed by atoms with Gasteiger partial charge in [0.15, 0.2) is 0 Å². The minimum Gasteiger partial charge on any atom is -0.478 e. The zero-order chi connectivity index (χ0) is 19.1. The molecule has 27 heavy (non-hydrogen) atoms. The Morgan fingerprint density at radius 1 is 1.30 bits per heavy atom. The van der Waals surface area contributed by atoms with Gasteiger partial charge in [-0.2, -0.15) is 5.10 Å². The average Bonchev–Trinajstić information content (AvgIpc) is 3.12. The molecule has 0 bridgehead atoms. The number of methoxy groups -OCH3 is 1. The van der Waals surface area contributed by atoms with E-state index in [1.165, 1.54) is 25.4 Å². The summed E-state index contributed by atoms with van der Waals surface area (Å²) in [5.41, 5.74) is 2.64. The molecule has 1 aliphatic carbocycles. The number of hydrogen-bond donors (Lipinski definition) is 1. The SMILES string of the molecule is COC(=O)c1cnn(-c2cccc(C(=O)O)c2)c1[C@@H]1C[C@H]1c1cn(C)nn1. The Hall–Kier alpha value is -3.49. The van der Waals surface area contributed by atoms with Gasteiger partial charge in [0, 0.05) is 25.1 Å². The lowest BCUT2D eigenvalue weighted by Crippen LogP contribution is -2.09. The molecule has 0 amide bonds. The topological polar surface area (TPSA) is 112 Å². The first kappa shape index (κ1) is 17.0. The van der Waals surface area contributed by atoms with Gasteiger partial charge in [0.1, 0.15) is 5.56 Å². The van der Waals surface area contributed by atoms with Crippen molar-refractivity contribution in [3.05, 3.63) is 59.2 Å². The molecule has 9 nitrogen and oxygen atoms in total. The summed E-state index contributed by atoms with van der Waals surface area (Å²) in [5.74, 6) is -1.36. The number of nitrogens with zero attached hydrogens (tertiary/aromatic N) is 5. The van der Waals surface area contributed by atoms with Gasteiger partial charge in [-0.25, -0.2) is 14.3 Å². The van der Waals surface area contributed by atoms with Crippen LogP contribution in [-0.2, 0) is 11.8 Å². The number of carbonyl (C=O) groups excluding carboxylic acids is 1. The molecule has 1 fully saturated rings. The van der Waals surface area contributed by atoms with Crippen LogP contribution in [0.4, 0.5) is 0 Å². The van der Waals surface area contributed by atoms with E-state index in [0.717, 1.165) is 12.1 Å². The van der Waals surface area contributed by atoms with E-state index in [2.05, 4.69) is 15.4 Å². The number of rotatable bonds is 5. The first-order valence-corrected chi connectivity index (χ1v) is 8.35. The van der Waals surface area contributed by atoms with E-state index >= 15 is 0 Å². The Morgan fingerprint density at radius 2 is 2.11 bits per heavy atom. The van der Waals surface area contributed by atoms with Gasteiger partial charge >= 0.3 is 11.9 Å². The monoisotopic (exact) mass is 367 g/mol. The summed E-state index contributed by atoms with van der Waals surface area (Å²) >= 11 is 0. The molecule has 0 spiro atoms. The third-order valence-corrected chi connectivity index (χ3v) is 4.69. The lowest BCUT2D eigenvalue weighted by atomic mass is 10.1. The molecule has 2 atom stereocenters. The third kappa shape index (κ3) is 2.97. The highest BCUT2D eigenvalue weighted by Crippen LogP contribution is 2.55. The maximum atomic E-state index is 12.2. The largest absolute Gasteiger partial charge is 0.478 e. The summed E-state index contributed by atoms with van der Waals surface area (Å²) in [6.07, 6.45) is 4.11. The van der Waals surface area contributed by atoms with E-state index in [0.29, 0.717) is 16.9 Å². The van der Waals surface area contributed by atoms with E-state index in [1.807, 2.05) is 6.20 Å². The van der Waals surface area contributed by atoms with Crippen molar-refractivity contribution in [1.82, 2.24) is 24.8 Å². The molecule has 0 unspecified atom stereocenters. The smallest absolute Gasteiger partial charge is 0.341 e. The molecule has 138 valence electrons. The molecule has 0 radical (unpaired) electrons. The second-order valence-corrected chi connectivity index (χ2v) is 6.47. The van der Waals surface area contributed by atoms with Crippen LogP contribution in [0.15, 0.2) is 36.7 Å². The van der Waals surface area contributed by atoms with Crippen molar-refractivity contribution in [3.8, 4) is 5.69 Å². The van der Waals surface area contributed by atoms with Crippen molar-refractivity contribution in [2.75, 3.05) is 7.11 Å². The Bertz CT molecular complexity index is 1040. The Balaban J connectivity index is 1.78. The number of carboxylic acid groups (broad SMARTS) is 1. The Kier molecular flexibility index (Phi) is 3.98. The fourth-order valence-electron chi connectivity index (χ4n) is 3.32. The van der Waals surface area contributed by atoms with Gasteiger partial charge in [0.2, 0.25) is 0 Å². The molecule has 2 heterocycles. The van der Waals surface area contributed by atoms with Crippen molar-refractivity contribution in [2.45, 2.75) is 18.3 Å². The summed E-state index contributed by atoms with van der Waals surface area (Å²) in [4.78, 5) is 23.5. The Labute approximate surface area is 154 Å². The normalized spacial score (nSPS) is 18.3. The van der Waals surface area contributed by atoms with Gasteiger partial charge in [-0.1, -0.05) is 11.3 Å². The van der Waals surface area contributed by atoms with Crippen LogP contribution in [0.2, 0.25) is 0 Å². The zero-order valence-electron chi connectivity index (χ0n) is 14.7. The van der Waals surface area contributed by atoms with Crippen LogP contribution in [0.5, 0.6) is 0 Å². The highest BCUT2D eigenvalue weighted by atomic mass is 16.5. The quantitative estimate of drug-likeness (QED) is 0.684. The van der Waals surface area contributed by atoms with Crippen LogP contribution in [0.25, 0.3) is 5.69 Å². The van der Waals surface area contributed by atoms with Crippen molar-refractivity contribution in [2.24, 2.45) is 7.05 Å². The van der Waals surface area contributed by atoms with Crippen LogP contribution in [0, 0.1) is 0 Å². The molecule has 2 aromatic heterocycles. The predicted octanol–water partition coefficient (Wildman–Crippen LogP) is 1.76. The molecule has 9 heteroatoms. The minimum atomic E-state index is -1.03. The van der Waals surface area contributed by atoms with Gasteiger partial charge in [0.05, 0.1) is 35.9 Å². The summed E-state index contributed by atoms with van der Waals surface area (Å²) in [5, 5.41) is 21.7. The number of carboxylic acids is 1. The molecule has 1 aromatic carbocycles. The van der Waals surface area contributed by atoms with E-state index in [-0.39, 0.29) is 17.4 Å². The van der Waals surface area contributed by atoms with E-state index in [9.17, 15) is 14.7 Å². The maximum absolute atomic E-state index is 12.2. The van der Waals surface area contributed by atoms with Crippen molar-refractivity contribution in [3.63, 3.8) is 0 Å². The zero-order valence-corrected chi connectivity index (χ0v) is 14.7. The molecule has 1 aliphatic rings. The van der Waals surface area contributed by atoms with Gasteiger partial charge < -0.3 is 9.84 Å². The second-order valence-electron chi connectivity index (χ2n) is 6.47. The highest BCUT2D eigenvalue weighted by molar-refractivity contribution is 5.91. The average molecular weight is 367 g/mol. The molecule has 1 saturated carbocycles. The number of hydrogen-bond acceptors (Lipinski definition) is 6. The van der Waals surface area contributed by atoms with Gasteiger partial charge in [-0.3, -0.25) is 4.68 Å². The van der Waals surface area contributed by atoms with Crippen LogP contribution in [0.1, 0.15) is 50.4 Å². The highest BCUT2D eigenvalue weighted by Gasteiger charge is 2.46. The minimum absolute atomic E-state index is 0.0202. The first-order valence-electron chi connectivity index (χ1n) is 8.35. The number of aromatic nitrogens is 5. The van der Waals surface area contributed by atoms with E-state index in [4.69, 9.17) is 4.74 Å². The lowest BCUT2D eigenvalue weighted by Gasteiger charge is -2.09. The molecular weight excluding hydrogens is 350 g/mol. The number of carbonyl (C=O) groups is 2. The number of aromatic carboxylic acids is 1. The number of aryl methyl sites for hydroxylation is 1. The molecule has 0 aliphatic heterocycles. The molecule has 3 aromatic rings. The molecular formula is C18H17N5O4. The fourth-order valence-corrected chi connectivity index (χ4v) is 3.32. The number of benzene rings is 1. The summed E-state index contributed by atoms with van der Waals surface area (Å²) < 4.78 is 8.14. The fraction of sp³-hybridized carbons (Fsp3) is 0.278. The van der Waals surface area contributed by atoms with Crippen LogP contribution in [0.3, 0.4) is 0 Å². The van der Waals surface area contributed by atoms with Gasteiger partial charge in [-0.05, 0) is 24.6 Å². The number of esters is 1. The van der Waals surface area contributed by atoms with Crippen LogP contribution >= 0.6 is 0 Å². The third-order valence-electron chi connectivity index (χ3n) is 4.69. The van der Waals surface area contributed by atoms with Gasteiger partial charge in [0.25, 0.3) is 0 Å². The van der Waals surface area contributed by atoms with Crippen molar-refractivity contribution in [1.29, 1.82) is 0 Å². The van der Waals surface area contributed by atoms with Crippen molar-refractivity contribution < 1.29 is 19.4 Å². The Morgan fingerprint density at radius 3 is 2.78 bits per heavy atom. The van der Waals surface area contributed by atoms with Crippen molar-refractivity contribution >= 4 is 11.9 Å². The maximum Gasteiger partial charge on any atom is 0.341 e. The summed E-state index contributed by atoms with van der Waals surface area (Å²) in [7, 11) is 3.12. The van der Waals surface area contributed by atoms with Crippen LogP contribution in [-0.4, -0.2) is 48.9 Å². The van der Waals surface area contributed by atoms with E-state index in [1.54, 1.807) is 28.5 Å². The lowest BCUT2D eigenvalue weighted by molar-refractivity contribution is 0.0598. The molecule has 1 N–H and O–H groups in total.